The second-order valence-corrected chi connectivity index (χ2v) is 11.2. The monoisotopic (exact) mass is 607 g/mol. The fourth-order valence-corrected chi connectivity index (χ4v) is 4.73. The lowest BCUT2D eigenvalue weighted by atomic mass is 10.0. The van der Waals surface area contributed by atoms with Crippen LogP contribution in [0.1, 0.15) is 48.2 Å². The summed E-state index contributed by atoms with van der Waals surface area (Å²) in [6.45, 7) is 3.40. The van der Waals surface area contributed by atoms with Crippen LogP contribution in [0, 0.1) is 5.92 Å². The Morgan fingerprint density at radius 2 is 1.55 bits per heavy atom. The van der Waals surface area contributed by atoms with Gasteiger partial charge in [-0.2, -0.15) is 0 Å². The second-order valence-electron chi connectivity index (χ2n) is 11.2. The highest BCUT2D eigenvalue weighted by molar-refractivity contribution is 5.95. The van der Waals surface area contributed by atoms with Gasteiger partial charge in [0.2, 0.25) is 35.4 Å². The van der Waals surface area contributed by atoms with Crippen LogP contribution in [-0.2, 0) is 36.8 Å². The molecule has 44 heavy (non-hydrogen) atoms. The smallest absolute Gasteiger partial charge is 0.248 e. The van der Waals surface area contributed by atoms with Gasteiger partial charge in [0.15, 0.2) is 0 Å². The number of rotatable bonds is 9. The Morgan fingerprint density at radius 1 is 0.864 bits per heavy atom. The quantitative estimate of drug-likeness (QED) is 0.189. The maximum atomic E-state index is 13.3. The molecular weight excluding hydrogens is 566 g/mol. The van der Waals surface area contributed by atoms with Crippen LogP contribution in [0.2, 0.25) is 0 Å². The number of amides is 6. The molecule has 6 amide bonds. The number of carbonyl (C=O) groups excluding carboxylic acids is 6. The van der Waals surface area contributed by atoms with Crippen molar-refractivity contribution in [1.29, 1.82) is 0 Å². The molecule has 1 saturated heterocycles. The molecule has 3 rings (SSSR count). The van der Waals surface area contributed by atoms with Crippen LogP contribution in [0.4, 0.5) is 0 Å². The van der Waals surface area contributed by atoms with E-state index in [9.17, 15) is 28.8 Å². The largest absolute Gasteiger partial charge is 0.366 e. The highest BCUT2D eigenvalue weighted by Crippen LogP contribution is 2.10. The van der Waals surface area contributed by atoms with Gasteiger partial charge in [0.25, 0.3) is 0 Å². The summed E-state index contributed by atoms with van der Waals surface area (Å²) in [5.74, 6) is -3.36. The number of hydrogen-bond acceptors (Lipinski definition) is 7. The predicted molar refractivity (Wildman–Crippen MR) is 163 cm³/mol. The molecule has 0 bridgehead atoms. The molecule has 1 aliphatic rings. The van der Waals surface area contributed by atoms with Gasteiger partial charge in [-0.15, -0.1) is 0 Å². The van der Waals surface area contributed by atoms with Crippen molar-refractivity contribution in [2.75, 3.05) is 13.1 Å². The van der Waals surface area contributed by atoms with Gasteiger partial charge in [-0.05, 0) is 48.4 Å². The first-order valence-electron chi connectivity index (χ1n) is 14.6. The van der Waals surface area contributed by atoms with Crippen LogP contribution in [0.15, 0.2) is 54.6 Å². The van der Waals surface area contributed by atoms with Gasteiger partial charge in [-0.25, -0.2) is 0 Å². The van der Waals surface area contributed by atoms with Gasteiger partial charge in [-0.1, -0.05) is 56.3 Å². The van der Waals surface area contributed by atoms with Gasteiger partial charge < -0.3 is 38.1 Å². The van der Waals surface area contributed by atoms with Crippen molar-refractivity contribution in [2.24, 2.45) is 17.4 Å². The molecule has 4 atom stereocenters. The van der Waals surface area contributed by atoms with Crippen LogP contribution in [-0.4, -0.2) is 72.7 Å². The van der Waals surface area contributed by atoms with Gasteiger partial charge in [0.05, 0.1) is 12.6 Å². The molecule has 0 aromatic heterocycles. The predicted octanol–water partition coefficient (Wildman–Crippen LogP) is -0.965. The van der Waals surface area contributed by atoms with E-state index in [1.54, 1.807) is 12.1 Å². The topological polar surface area (TPSA) is 215 Å². The first-order chi connectivity index (χ1) is 20.9. The zero-order valence-corrected chi connectivity index (χ0v) is 24.9. The standard InChI is InChI=1S/C31H41N7O6/c1-18(2)14-24-30(43)34-13-12-23(37-28(41)22(32)15-20-8-10-21(11-9-20)27(33)40)29(42)35-17-26(39)36-25(31(44)38-24)16-19-6-4-3-5-7-19/h3-11,18,22-25H,12-17,32H2,1-2H3,(H2,33,40)(H,34,43)(H,35,42)(H,36,39)(H,37,41)(H,38,44)/t22?,23-,24+,25+/m1/s1. The van der Waals surface area contributed by atoms with Gasteiger partial charge in [0, 0.05) is 18.5 Å². The Labute approximate surface area is 256 Å². The Bertz CT molecular complexity index is 1330. The van der Waals surface area contributed by atoms with Crippen molar-refractivity contribution in [3.05, 3.63) is 71.3 Å². The maximum Gasteiger partial charge on any atom is 0.248 e. The minimum atomic E-state index is -1.11. The van der Waals surface area contributed by atoms with E-state index in [1.165, 1.54) is 12.1 Å². The number of benzene rings is 2. The summed E-state index contributed by atoms with van der Waals surface area (Å²) < 4.78 is 0. The third-order valence-corrected chi connectivity index (χ3v) is 7.09. The van der Waals surface area contributed by atoms with Crippen LogP contribution >= 0.6 is 0 Å². The minimum Gasteiger partial charge on any atom is -0.366 e. The summed E-state index contributed by atoms with van der Waals surface area (Å²) in [6, 6.07) is 11.4. The summed E-state index contributed by atoms with van der Waals surface area (Å²) in [5.41, 5.74) is 13.2. The van der Waals surface area contributed by atoms with Gasteiger partial charge >= 0.3 is 0 Å². The summed E-state index contributed by atoms with van der Waals surface area (Å²) in [6.07, 6.45) is 0.644. The van der Waals surface area contributed by atoms with Crippen molar-refractivity contribution in [1.82, 2.24) is 26.6 Å². The number of nitrogens with two attached hydrogens (primary N) is 2. The zero-order chi connectivity index (χ0) is 32.2. The highest BCUT2D eigenvalue weighted by atomic mass is 16.2. The molecule has 0 saturated carbocycles. The molecule has 0 spiro atoms. The Balaban J connectivity index is 1.74. The van der Waals surface area contributed by atoms with Crippen molar-refractivity contribution in [3.8, 4) is 0 Å². The van der Waals surface area contributed by atoms with Crippen LogP contribution in [0.5, 0.6) is 0 Å². The normalized spacial score (nSPS) is 20.8. The third-order valence-electron chi connectivity index (χ3n) is 7.09. The molecular formula is C31H41N7O6. The van der Waals surface area contributed by atoms with Crippen molar-refractivity contribution in [2.45, 2.75) is 63.7 Å². The summed E-state index contributed by atoms with van der Waals surface area (Å²) in [4.78, 5) is 76.6. The Hall–Kier alpha value is -4.78. The molecule has 0 radical (unpaired) electrons. The van der Waals surface area contributed by atoms with Crippen LogP contribution in [0.3, 0.4) is 0 Å². The van der Waals surface area contributed by atoms with E-state index in [2.05, 4.69) is 26.6 Å². The summed E-state index contributed by atoms with van der Waals surface area (Å²) in [7, 11) is 0. The van der Waals surface area contributed by atoms with E-state index in [0.29, 0.717) is 17.5 Å². The minimum absolute atomic E-state index is 0.00391. The first-order valence-corrected chi connectivity index (χ1v) is 14.6. The number of nitrogens with one attached hydrogen (secondary N) is 5. The van der Waals surface area contributed by atoms with Crippen molar-refractivity contribution in [3.63, 3.8) is 0 Å². The van der Waals surface area contributed by atoms with Crippen molar-refractivity contribution < 1.29 is 28.8 Å². The maximum absolute atomic E-state index is 13.3. The Morgan fingerprint density at radius 3 is 2.18 bits per heavy atom. The van der Waals surface area contributed by atoms with E-state index in [4.69, 9.17) is 11.5 Å². The van der Waals surface area contributed by atoms with E-state index >= 15 is 0 Å². The average Bonchev–Trinajstić information content (AvgIpc) is 2.98. The molecule has 1 fully saturated rings. The lowest BCUT2D eigenvalue weighted by Crippen LogP contribution is -2.58. The van der Waals surface area contributed by atoms with E-state index in [-0.39, 0.29) is 31.7 Å². The lowest BCUT2D eigenvalue weighted by Gasteiger charge is -2.26. The molecule has 236 valence electrons. The summed E-state index contributed by atoms with van der Waals surface area (Å²) in [5, 5.41) is 13.3. The SMILES string of the molecule is CC(C)C[C@@H]1NC(=O)[C@H](Cc2ccccc2)NC(=O)CNC(=O)[C@H](NC(=O)C(N)Cc2ccc(C(N)=O)cc2)CCNC1=O. The fraction of sp³-hybridized carbons (Fsp3) is 0.419. The van der Waals surface area contributed by atoms with E-state index < -0.39 is 66.2 Å². The molecule has 1 heterocycles. The third kappa shape index (κ3) is 10.5. The fourth-order valence-electron chi connectivity index (χ4n) is 4.73. The summed E-state index contributed by atoms with van der Waals surface area (Å²) >= 11 is 0. The average molecular weight is 608 g/mol. The first kappa shape index (κ1) is 33.7. The molecule has 2 aromatic carbocycles. The van der Waals surface area contributed by atoms with Crippen LogP contribution in [0.25, 0.3) is 0 Å². The second kappa shape index (κ2) is 16.2. The lowest BCUT2D eigenvalue weighted by molar-refractivity contribution is -0.133. The molecule has 1 aliphatic heterocycles. The number of carbonyl (C=O) groups is 6. The molecule has 13 heteroatoms. The van der Waals surface area contributed by atoms with Gasteiger partial charge in [0.1, 0.15) is 18.1 Å². The molecule has 1 unspecified atom stereocenters. The van der Waals surface area contributed by atoms with Crippen LogP contribution < -0.4 is 38.1 Å². The van der Waals surface area contributed by atoms with E-state index in [0.717, 1.165) is 5.56 Å². The molecule has 0 aliphatic carbocycles. The Kier molecular flexibility index (Phi) is 12.4. The number of hydrogen-bond donors (Lipinski definition) is 7. The molecule has 9 N–H and O–H groups in total. The molecule has 2 aromatic rings. The van der Waals surface area contributed by atoms with Gasteiger partial charge in [-0.3, -0.25) is 28.8 Å². The van der Waals surface area contributed by atoms with Crippen molar-refractivity contribution >= 4 is 35.4 Å². The highest BCUT2D eigenvalue weighted by Gasteiger charge is 2.30. The zero-order valence-electron chi connectivity index (χ0n) is 24.9. The number of primary amides is 1. The van der Waals surface area contributed by atoms with E-state index in [1.807, 2.05) is 44.2 Å². The molecule has 13 nitrogen and oxygen atoms in total.